The number of ether oxygens (including phenoxy) is 4. The standard InChI is InChI=1S/C19H19ClO5/c1-12(2)18(25-15-6-4-3-5-14(15)20)19(21)22-10-13-7-8-16-17(9-13)24-11-23-16/h3-9,12,18H,10-11H2,1-2H3. The highest BCUT2D eigenvalue weighted by molar-refractivity contribution is 6.32. The van der Waals surface area contributed by atoms with Gasteiger partial charge in [0.25, 0.3) is 0 Å². The van der Waals surface area contributed by atoms with Crippen LogP contribution in [0.2, 0.25) is 5.02 Å². The van der Waals surface area contributed by atoms with Crippen LogP contribution in [0.5, 0.6) is 17.2 Å². The predicted molar refractivity (Wildman–Crippen MR) is 93.1 cm³/mol. The van der Waals surface area contributed by atoms with Crippen molar-refractivity contribution in [1.29, 1.82) is 0 Å². The molecule has 1 atom stereocenters. The van der Waals surface area contributed by atoms with Gasteiger partial charge in [0.1, 0.15) is 12.4 Å². The predicted octanol–water partition coefficient (Wildman–Crippen LogP) is 4.22. The van der Waals surface area contributed by atoms with E-state index in [9.17, 15) is 4.79 Å². The third kappa shape index (κ3) is 4.17. The number of carbonyl (C=O) groups is 1. The molecule has 5 nitrogen and oxygen atoms in total. The molecule has 1 aliphatic heterocycles. The molecule has 0 fully saturated rings. The van der Waals surface area contributed by atoms with Crippen LogP contribution >= 0.6 is 11.6 Å². The van der Waals surface area contributed by atoms with E-state index in [4.69, 9.17) is 30.5 Å². The molecule has 2 aromatic rings. The minimum absolute atomic E-state index is 0.0690. The van der Waals surface area contributed by atoms with E-state index >= 15 is 0 Å². The molecule has 0 saturated carbocycles. The molecule has 2 aromatic carbocycles. The van der Waals surface area contributed by atoms with Gasteiger partial charge in [-0.05, 0) is 29.8 Å². The maximum absolute atomic E-state index is 12.5. The molecule has 0 aliphatic carbocycles. The Morgan fingerprint density at radius 3 is 2.68 bits per heavy atom. The molecule has 1 heterocycles. The Kier molecular flexibility index (Phi) is 5.34. The average molecular weight is 363 g/mol. The van der Waals surface area contributed by atoms with Gasteiger partial charge in [0.05, 0.1) is 5.02 Å². The van der Waals surface area contributed by atoms with E-state index in [2.05, 4.69) is 0 Å². The second-order valence-corrected chi connectivity index (χ2v) is 6.42. The van der Waals surface area contributed by atoms with Crippen molar-refractivity contribution >= 4 is 17.6 Å². The number of benzene rings is 2. The first kappa shape index (κ1) is 17.4. The highest BCUT2D eigenvalue weighted by atomic mass is 35.5. The summed E-state index contributed by atoms with van der Waals surface area (Å²) < 4.78 is 21.8. The van der Waals surface area contributed by atoms with Gasteiger partial charge in [-0.2, -0.15) is 0 Å². The smallest absolute Gasteiger partial charge is 0.347 e. The van der Waals surface area contributed by atoms with E-state index in [1.165, 1.54) is 0 Å². The SMILES string of the molecule is CC(C)C(Oc1ccccc1Cl)C(=O)OCc1ccc2c(c1)OCO2. The Bertz CT molecular complexity index is 759. The molecule has 0 amide bonds. The second-order valence-electron chi connectivity index (χ2n) is 6.01. The maximum Gasteiger partial charge on any atom is 0.347 e. The Balaban J connectivity index is 1.64. The summed E-state index contributed by atoms with van der Waals surface area (Å²) in [7, 11) is 0. The van der Waals surface area contributed by atoms with Gasteiger partial charge < -0.3 is 18.9 Å². The van der Waals surface area contributed by atoms with Crippen LogP contribution < -0.4 is 14.2 Å². The van der Waals surface area contributed by atoms with Gasteiger partial charge in [-0.15, -0.1) is 0 Å². The number of para-hydroxylation sites is 1. The lowest BCUT2D eigenvalue weighted by Crippen LogP contribution is -2.34. The molecule has 0 bridgehead atoms. The number of rotatable bonds is 6. The van der Waals surface area contributed by atoms with Crippen LogP contribution in [0.3, 0.4) is 0 Å². The number of esters is 1. The van der Waals surface area contributed by atoms with Gasteiger partial charge in [-0.1, -0.05) is 43.6 Å². The van der Waals surface area contributed by atoms with Gasteiger partial charge in [0.15, 0.2) is 17.6 Å². The summed E-state index contributed by atoms with van der Waals surface area (Å²) in [6, 6.07) is 12.5. The van der Waals surface area contributed by atoms with Crippen LogP contribution in [0.4, 0.5) is 0 Å². The molecule has 0 N–H and O–H groups in total. The number of carbonyl (C=O) groups excluding carboxylic acids is 1. The third-order valence-electron chi connectivity index (χ3n) is 3.75. The Morgan fingerprint density at radius 1 is 1.16 bits per heavy atom. The van der Waals surface area contributed by atoms with E-state index in [0.29, 0.717) is 22.3 Å². The summed E-state index contributed by atoms with van der Waals surface area (Å²) in [5.41, 5.74) is 0.817. The largest absolute Gasteiger partial charge is 0.477 e. The van der Waals surface area contributed by atoms with Gasteiger partial charge in [0.2, 0.25) is 6.79 Å². The van der Waals surface area contributed by atoms with E-state index in [1.807, 2.05) is 19.9 Å². The van der Waals surface area contributed by atoms with E-state index in [-0.39, 0.29) is 19.3 Å². The average Bonchev–Trinajstić information content (AvgIpc) is 3.06. The quantitative estimate of drug-likeness (QED) is 0.720. The van der Waals surface area contributed by atoms with Crippen LogP contribution in [0.15, 0.2) is 42.5 Å². The summed E-state index contributed by atoms with van der Waals surface area (Å²) in [5, 5.41) is 0.455. The molecule has 0 radical (unpaired) electrons. The van der Waals surface area contributed by atoms with Crippen molar-refractivity contribution in [1.82, 2.24) is 0 Å². The van der Waals surface area contributed by atoms with Crippen molar-refractivity contribution in [3.63, 3.8) is 0 Å². The highest BCUT2D eigenvalue weighted by Gasteiger charge is 2.27. The molecular weight excluding hydrogens is 344 g/mol. The molecule has 1 aliphatic rings. The van der Waals surface area contributed by atoms with Crippen LogP contribution in [0, 0.1) is 5.92 Å². The lowest BCUT2D eigenvalue weighted by atomic mass is 10.1. The first-order valence-electron chi connectivity index (χ1n) is 8.01. The zero-order valence-corrected chi connectivity index (χ0v) is 14.8. The van der Waals surface area contributed by atoms with Crippen molar-refractivity contribution in [2.24, 2.45) is 5.92 Å². The Labute approximate surface area is 151 Å². The summed E-state index contributed by atoms with van der Waals surface area (Å²) >= 11 is 6.10. The van der Waals surface area contributed by atoms with Gasteiger partial charge in [-0.25, -0.2) is 4.79 Å². The second kappa shape index (κ2) is 7.66. The molecule has 25 heavy (non-hydrogen) atoms. The summed E-state index contributed by atoms with van der Waals surface area (Å²) in [4.78, 5) is 12.5. The summed E-state index contributed by atoms with van der Waals surface area (Å²) in [5.74, 6) is 1.30. The Morgan fingerprint density at radius 2 is 1.92 bits per heavy atom. The van der Waals surface area contributed by atoms with Crippen molar-refractivity contribution in [2.45, 2.75) is 26.6 Å². The van der Waals surface area contributed by atoms with Crippen molar-refractivity contribution in [3.8, 4) is 17.2 Å². The molecule has 6 heteroatoms. The number of fused-ring (bicyclic) bond motifs is 1. The maximum atomic E-state index is 12.5. The van der Waals surface area contributed by atoms with Crippen LogP contribution in [-0.2, 0) is 16.1 Å². The van der Waals surface area contributed by atoms with Crippen LogP contribution in [-0.4, -0.2) is 18.9 Å². The molecule has 1 unspecified atom stereocenters. The summed E-state index contributed by atoms with van der Waals surface area (Å²) in [6.45, 7) is 4.12. The fourth-order valence-electron chi connectivity index (χ4n) is 2.40. The number of hydrogen-bond donors (Lipinski definition) is 0. The van der Waals surface area contributed by atoms with E-state index in [0.717, 1.165) is 5.56 Å². The van der Waals surface area contributed by atoms with E-state index in [1.54, 1.807) is 36.4 Å². The van der Waals surface area contributed by atoms with Gasteiger partial charge in [-0.3, -0.25) is 0 Å². The molecule has 0 aromatic heterocycles. The molecule has 3 rings (SSSR count). The zero-order chi connectivity index (χ0) is 17.8. The first-order chi connectivity index (χ1) is 12.0. The number of halogens is 1. The topological polar surface area (TPSA) is 54.0 Å². The third-order valence-corrected chi connectivity index (χ3v) is 4.06. The van der Waals surface area contributed by atoms with Gasteiger partial charge in [0, 0.05) is 5.92 Å². The van der Waals surface area contributed by atoms with Crippen molar-refractivity contribution < 1.29 is 23.7 Å². The number of hydrogen-bond acceptors (Lipinski definition) is 5. The Hall–Kier alpha value is -2.40. The molecule has 132 valence electrons. The fourth-order valence-corrected chi connectivity index (χ4v) is 2.58. The fraction of sp³-hybridized carbons (Fsp3) is 0.316. The minimum atomic E-state index is -0.742. The van der Waals surface area contributed by atoms with E-state index < -0.39 is 12.1 Å². The summed E-state index contributed by atoms with van der Waals surface area (Å²) in [6.07, 6.45) is -0.742. The van der Waals surface area contributed by atoms with Crippen LogP contribution in [0.25, 0.3) is 0 Å². The first-order valence-corrected chi connectivity index (χ1v) is 8.38. The normalized spacial score (nSPS) is 13.6. The lowest BCUT2D eigenvalue weighted by molar-refractivity contribution is -0.155. The molecule has 0 saturated heterocycles. The highest BCUT2D eigenvalue weighted by Crippen LogP contribution is 2.32. The van der Waals surface area contributed by atoms with Crippen molar-refractivity contribution in [3.05, 3.63) is 53.1 Å². The van der Waals surface area contributed by atoms with Gasteiger partial charge >= 0.3 is 5.97 Å². The lowest BCUT2D eigenvalue weighted by Gasteiger charge is -2.21. The minimum Gasteiger partial charge on any atom is -0.477 e. The van der Waals surface area contributed by atoms with Crippen molar-refractivity contribution in [2.75, 3.05) is 6.79 Å². The van der Waals surface area contributed by atoms with Crippen LogP contribution in [0.1, 0.15) is 19.4 Å². The molecule has 0 spiro atoms. The zero-order valence-electron chi connectivity index (χ0n) is 14.0. The molecular formula is C19H19ClO5. The monoisotopic (exact) mass is 362 g/mol.